The second-order valence-corrected chi connectivity index (χ2v) is 19.2. The molecule has 26 heteroatoms. The molecule has 2 aliphatic heterocycles. The molecule has 0 aliphatic carbocycles. The van der Waals surface area contributed by atoms with Gasteiger partial charge in [-0.2, -0.15) is 0 Å². The predicted molar refractivity (Wildman–Crippen MR) is 256 cm³/mol. The van der Waals surface area contributed by atoms with E-state index >= 15 is 0 Å². The fraction of sp³-hybridized carbons (Fsp3) is 0.605. The number of amides is 11. The molecule has 2 heterocycles. The van der Waals surface area contributed by atoms with Crippen molar-refractivity contribution in [3.63, 3.8) is 0 Å². The maximum atomic E-state index is 14.5. The van der Waals surface area contributed by atoms with Gasteiger partial charge < -0.3 is 70.4 Å². The minimum Gasteiger partial charge on any atom is -0.370 e. The number of primary amides is 2. The minimum atomic E-state index is -1.76. The number of nitrogens with one attached hydrogen (secondary N) is 8. The van der Waals surface area contributed by atoms with Crippen molar-refractivity contribution in [1.82, 2.24) is 47.4 Å². The Morgan fingerprint density at radius 2 is 1.41 bits per heavy atom. The summed E-state index contributed by atoms with van der Waals surface area (Å²) < 4.78 is 0. The van der Waals surface area contributed by atoms with E-state index in [-0.39, 0.29) is 50.4 Å². The van der Waals surface area contributed by atoms with Crippen LogP contribution in [0, 0.1) is 5.92 Å². The van der Waals surface area contributed by atoms with Crippen LogP contribution in [-0.4, -0.2) is 156 Å². The number of benzene rings is 1. The van der Waals surface area contributed by atoms with Gasteiger partial charge in [0, 0.05) is 31.0 Å². The van der Waals surface area contributed by atoms with Gasteiger partial charge in [0.1, 0.15) is 42.3 Å². The summed E-state index contributed by atoms with van der Waals surface area (Å²) in [6.45, 7) is 4.96. The summed E-state index contributed by atoms with van der Waals surface area (Å²) in [5.41, 5.74) is 23.4. The SMILES string of the molecule is CCNC(=O)C[C@@H]1NC(=O)[C@H]([C@@H](C)CC)NC(=O)[C@H](Cc2ccccc2)NC(=O)[C@@H](N)CSSC[C@@H](C(=O)N2CCC[C@H]2C(=O)N[C@@H](CCCN)C(=O)NCC(N)=O)NC(=O)[C@H](CC(N)=O)NC1=O. The molecule has 0 bridgehead atoms. The number of carbonyl (C=O) groups excluding carboxylic acids is 11. The molecule has 2 saturated heterocycles. The number of hydrogen-bond acceptors (Lipinski definition) is 15. The fourth-order valence-corrected chi connectivity index (χ4v) is 9.60. The van der Waals surface area contributed by atoms with Crippen molar-refractivity contribution in [2.45, 2.75) is 120 Å². The zero-order chi connectivity index (χ0) is 51.2. The van der Waals surface area contributed by atoms with Gasteiger partial charge in [0.05, 0.1) is 25.4 Å². The lowest BCUT2D eigenvalue weighted by molar-refractivity contribution is -0.142. The summed E-state index contributed by atoms with van der Waals surface area (Å²) in [5, 5.41) is 20.4. The van der Waals surface area contributed by atoms with E-state index < -0.39 is 139 Å². The van der Waals surface area contributed by atoms with Crippen molar-refractivity contribution < 1.29 is 52.7 Å². The first-order chi connectivity index (χ1) is 32.8. The second-order valence-electron chi connectivity index (χ2n) is 16.7. The molecule has 0 radical (unpaired) electrons. The Bertz CT molecular complexity index is 2000. The van der Waals surface area contributed by atoms with Crippen LogP contribution in [0.25, 0.3) is 0 Å². The third kappa shape index (κ3) is 18.8. The van der Waals surface area contributed by atoms with Gasteiger partial charge in [-0.3, -0.25) is 52.7 Å². The molecular weight excluding hydrogens is 939 g/mol. The van der Waals surface area contributed by atoms with Crippen molar-refractivity contribution in [1.29, 1.82) is 0 Å². The Morgan fingerprint density at radius 3 is 2.04 bits per heavy atom. The van der Waals surface area contributed by atoms with E-state index in [4.69, 9.17) is 22.9 Å². The van der Waals surface area contributed by atoms with E-state index in [1.54, 1.807) is 51.1 Å². The fourth-order valence-electron chi connectivity index (χ4n) is 7.32. The van der Waals surface area contributed by atoms with Crippen LogP contribution < -0.4 is 65.5 Å². The number of nitrogens with two attached hydrogens (primary N) is 4. The van der Waals surface area contributed by atoms with Crippen LogP contribution in [0.15, 0.2) is 30.3 Å². The normalized spacial score (nSPS) is 24.2. The zero-order valence-electron chi connectivity index (χ0n) is 39.0. The van der Waals surface area contributed by atoms with E-state index in [2.05, 4.69) is 42.5 Å². The number of hydrogen-bond donors (Lipinski definition) is 12. The Labute approximate surface area is 408 Å². The molecule has 16 N–H and O–H groups in total. The quantitative estimate of drug-likeness (QED) is 0.0619. The monoisotopic (exact) mass is 1010 g/mol. The van der Waals surface area contributed by atoms with Gasteiger partial charge in [0.15, 0.2) is 0 Å². The van der Waals surface area contributed by atoms with Gasteiger partial charge in [0.25, 0.3) is 0 Å². The Kier molecular flexibility index (Phi) is 24.2. The topological polar surface area (TPSA) is 391 Å². The lowest BCUT2D eigenvalue weighted by atomic mass is 9.96. The van der Waals surface area contributed by atoms with Crippen LogP contribution >= 0.6 is 21.6 Å². The molecule has 2 aliphatic rings. The third-order valence-corrected chi connectivity index (χ3v) is 13.7. The third-order valence-electron chi connectivity index (χ3n) is 11.3. The maximum absolute atomic E-state index is 14.5. The summed E-state index contributed by atoms with van der Waals surface area (Å²) in [6, 6.07) is -2.15. The van der Waals surface area contributed by atoms with Crippen molar-refractivity contribution in [3.05, 3.63) is 35.9 Å². The van der Waals surface area contributed by atoms with E-state index in [0.717, 1.165) is 21.6 Å². The summed E-state index contributed by atoms with van der Waals surface area (Å²) in [4.78, 5) is 149. The Hall–Kier alpha value is -5.99. The predicted octanol–water partition coefficient (Wildman–Crippen LogP) is -4.36. The van der Waals surface area contributed by atoms with Gasteiger partial charge in [-0.25, -0.2) is 0 Å². The zero-order valence-corrected chi connectivity index (χ0v) is 40.7. The number of likely N-dealkylation sites (tertiary alicyclic amines) is 1. The summed E-state index contributed by atoms with van der Waals surface area (Å²) in [5.74, 6) is -10.0. The largest absolute Gasteiger partial charge is 0.370 e. The molecule has 0 unspecified atom stereocenters. The van der Waals surface area contributed by atoms with Crippen LogP contribution in [0.4, 0.5) is 0 Å². The van der Waals surface area contributed by atoms with Gasteiger partial charge >= 0.3 is 0 Å². The molecule has 69 heavy (non-hydrogen) atoms. The second kappa shape index (κ2) is 29.1. The van der Waals surface area contributed by atoms with Crippen molar-refractivity contribution in [2.24, 2.45) is 28.9 Å². The average molecular weight is 1010 g/mol. The highest BCUT2D eigenvalue weighted by molar-refractivity contribution is 8.76. The maximum Gasteiger partial charge on any atom is 0.246 e. The molecule has 24 nitrogen and oxygen atoms in total. The van der Waals surface area contributed by atoms with E-state index in [1.165, 1.54) is 4.90 Å². The summed E-state index contributed by atoms with van der Waals surface area (Å²) in [7, 11) is 2.08. The molecule has 9 atom stereocenters. The standard InChI is InChI=1S/C43H67N13O11S2/c1-4-23(3)35-42(66)53-29(19-34(59)48-5-2)39(63)52-28(18-32(46)57)38(62)54-30(22-69-68-21-25(45)36(60)51-27(40(64)55-35)17-24-11-7-6-8-12-24)43(67)56-16-10-14-31(56)41(65)50-26(13-9-15-44)37(61)49-20-33(47)58/h6-8,11-12,23,25-31,35H,4-5,9-10,13-22,44-45H2,1-3H3,(H2,46,57)(H2,47,58)(H,48,59)(H,49,61)(H,50,65)(H,51,60)(H,52,63)(H,53,66)(H,54,62)(H,55,64)/t23-,25-,26-,27-,28-,29-,30-,31-,35-/m0/s1. The summed E-state index contributed by atoms with van der Waals surface area (Å²) >= 11 is 0. The number of nitrogens with zero attached hydrogens (tertiary/aromatic N) is 1. The molecule has 1 aromatic carbocycles. The lowest BCUT2D eigenvalue weighted by Gasteiger charge is -2.31. The molecule has 11 amide bonds. The van der Waals surface area contributed by atoms with E-state index in [1.807, 2.05) is 0 Å². The van der Waals surface area contributed by atoms with Crippen molar-refractivity contribution in [3.8, 4) is 0 Å². The Balaban J connectivity index is 2.06. The van der Waals surface area contributed by atoms with Crippen LogP contribution in [0.5, 0.6) is 0 Å². The molecule has 1 aromatic rings. The first-order valence-electron chi connectivity index (χ1n) is 22.8. The minimum absolute atomic E-state index is 0.00119. The molecule has 0 aromatic heterocycles. The molecule has 382 valence electrons. The van der Waals surface area contributed by atoms with E-state index in [0.29, 0.717) is 24.8 Å². The van der Waals surface area contributed by atoms with Gasteiger partial charge in [-0.05, 0) is 50.6 Å². The molecule has 0 spiro atoms. The first-order valence-corrected chi connectivity index (χ1v) is 25.3. The van der Waals surface area contributed by atoms with Gasteiger partial charge in [-0.1, -0.05) is 72.2 Å². The number of carbonyl (C=O) groups is 11. The van der Waals surface area contributed by atoms with Crippen molar-refractivity contribution >= 4 is 86.6 Å². The molecule has 2 fully saturated rings. The van der Waals surface area contributed by atoms with Gasteiger partial charge in [0.2, 0.25) is 65.0 Å². The highest BCUT2D eigenvalue weighted by Gasteiger charge is 2.41. The highest BCUT2D eigenvalue weighted by atomic mass is 33.1. The van der Waals surface area contributed by atoms with Crippen LogP contribution in [0.1, 0.15) is 71.3 Å². The van der Waals surface area contributed by atoms with Crippen LogP contribution in [0.3, 0.4) is 0 Å². The number of rotatable bonds is 18. The highest BCUT2D eigenvalue weighted by Crippen LogP contribution is 2.26. The Morgan fingerprint density at radius 1 is 0.783 bits per heavy atom. The van der Waals surface area contributed by atoms with Crippen LogP contribution in [-0.2, 0) is 59.2 Å². The van der Waals surface area contributed by atoms with E-state index in [9.17, 15) is 52.7 Å². The molecule has 0 saturated carbocycles. The first kappa shape index (κ1) is 57.3. The van der Waals surface area contributed by atoms with Crippen molar-refractivity contribution in [2.75, 3.05) is 37.7 Å². The van der Waals surface area contributed by atoms with Gasteiger partial charge in [-0.15, -0.1) is 0 Å². The molecular formula is C43H67N13O11S2. The summed E-state index contributed by atoms with van der Waals surface area (Å²) in [6.07, 6.45) is -0.154. The average Bonchev–Trinajstić information content (AvgIpc) is 3.81. The smallest absolute Gasteiger partial charge is 0.246 e. The molecule has 3 rings (SSSR count). The van der Waals surface area contributed by atoms with Crippen LogP contribution in [0.2, 0.25) is 0 Å². The lowest BCUT2D eigenvalue weighted by Crippen LogP contribution is -2.62.